The van der Waals surface area contributed by atoms with Gasteiger partial charge in [0, 0.05) is 10.7 Å². The molecule has 0 radical (unpaired) electrons. The molecule has 3 rings (SSSR count). The van der Waals surface area contributed by atoms with Crippen LogP contribution in [0.25, 0.3) is 0 Å². The lowest BCUT2D eigenvalue weighted by atomic mass is 10.1. The number of ether oxygens (including phenoxy) is 1. The van der Waals surface area contributed by atoms with Gasteiger partial charge in [0.25, 0.3) is 0 Å². The van der Waals surface area contributed by atoms with Gasteiger partial charge in [-0.3, -0.25) is 0 Å². The topological polar surface area (TPSA) is 59.4 Å². The van der Waals surface area contributed by atoms with Gasteiger partial charge in [0.15, 0.2) is 0 Å². The van der Waals surface area contributed by atoms with E-state index in [1.54, 1.807) is 30.3 Å². The summed E-state index contributed by atoms with van der Waals surface area (Å²) in [5, 5.41) is 9.81. The van der Waals surface area contributed by atoms with Crippen LogP contribution in [0.4, 0.5) is 0 Å². The number of aromatic carboxylic acids is 1. The molecule has 5 heteroatoms. The highest BCUT2D eigenvalue weighted by Crippen LogP contribution is 2.30. The van der Waals surface area contributed by atoms with Crippen LogP contribution in [0, 0.1) is 0 Å². The number of hydrogen-bond acceptors (Lipinski definition) is 3. The number of hydrogen-bond donors (Lipinski definition) is 1. The molecule has 1 heterocycles. The summed E-state index contributed by atoms with van der Waals surface area (Å²) in [5.74, 6) is -0.435. The maximum atomic E-state index is 11.3. The monoisotopic (exact) mass is 289 g/mol. The van der Waals surface area contributed by atoms with Gasteiger partial charge in [-0.25, -0.2) is 9.78 Å². The fraction of sp³-hybridized carbons (Fsp3) is 0.200. The van der Waals surface area contributed by atoms with Crippen LogP contribution >= 0.6 is 11.6 Å². The summed E-state index contributed by atoms with van der Waals surface area (Å²) in [4.78, 5) is 15.7. The third kappa shape index (κ3) is 2.47. The zero-order valence-electron chi connectivity index (χ0n) is 10.6. The molecule has 2 aromatic rings. The molecule has 0 unspecified atom stereocenters. The quantitative estimate of drug-likeness (QED) is 0.935. The van der Waals surface area contributed by atoms with Gasteiger partial charge in [-0.15, -0.1) is 0 Å². The largest absolute Gasteiger partial charge is 0.477 e. The van der Waals surface area contributed by atoms with Crippen molar-refractivity contribution in [3.8, 4) is 11.6 Å². The Morgan fingerprint density at radius 1 is 1.30 bits per heavy atom. The second-order valence-electron chi connectivity index (χ2n) is 4.67. The number of aromatic nitrogens is 1. The Labute approximate surface area is 121 Å². The Kier molecular flexibility index (Phi) is 3.32. The number of carbonyl (C=O) groups is 1. The lowest BCUT2D eigenvalue weighted by Crippen LogP contribution is -2.05. The minimum atomic E-state index is -1.04. The molecule has 1 aromatic heterocycles. The first-order chi connectivity index (χ1) is 9.63. The summed E-state index contributed by atoms with van der Waals surface area (Å²) in [5.41, 5.74) is 2.01. The number of pyridine rings is 1. The van der Waals surface area contributed by atoms with E-state index in [9.17, 15) is 9.90 Å². The van der Waals surface area contributed by atoms with Crippen molar-refractivity contribution in [3.05, 3.63) is 52.2 Å². The normalized spacial score (nSPS) is 13.1. The highest BCUT2D eigenvalue weighted by Gasteiger charge is 2.21. The second kappa shape index (κ2) is 5.13. The van der Waals surface area contributed by atoms with Crippen LogP contribution in [0.1, 0.15) is 28.0 Å². The zero-order chi connectivity index (χ0) is 14.1. The maximum absolute atomic E-state index is 11.3. The zero-order valence-corrected chi connectivity index (χ0v) is 11.4. The van der Waals surface area contributed by atoms with Crippen LogP contribution in [-0.2, 0) is 12.8 Å². The van der Waals surface area contributed by atoms with Crippen LogP contribution < -0.4 is 4.74 Å². The summed E-state index contributed by atoms with van der Waals surface area (Å²) in [6, 6.07) is 8.47. The van der Waals surface area contributed by atoms with E-state index in [1.807, 2.05) is 0 Å². The number of halogens is 1. The lowest BCUT2D eigenvalue weighted by Gasteiger charge is -2.10. The van der Waals surface area contributed by atoms with Crippen molar-refractivity contribution in [2.45, 2.75) is 19.3 Å². The van der Waals surface area contributed by atoms with E-state index in [2.05, 4.69) is 4.98 Å². The molecule has 102 valence electrons. The number of carboxylic acids is 1. The van der Waals surface area contributed by atoms with E-state index in [4.69, 9.17) is 16.3 Å². The molecule has 0 atom stereocenters. The van der Waals surface area contributed by atoms with E-state index < -0.39 is 5.97 Å². The molecule has 0 amide bonds. The van der Waals surface area contributed by atoms with Crippen molar-refractivity contribution in [1.82, 2.24) is 4.98 Å². The van der Waals surface area contributed by atoms with Crippen LogP contribution in [0.3, 0.4) is 0 Å². The van der Waals surface area contributed by atoms with Gasteiger partial charge in [0.1, 0.15) is 11.3 Å². The molecule has 0 saturated heterocycles. The minimum absolute atomic E-state index is 0.0885. The van der Waals surface area contributed by atoms with Gasteiger partial charge < -0.3 is 9.84 Å². The van der Waals surface area contributed by atoms with Gasteiger partial charge in [0.2, 0.25) is 5.88 Å². The van der Waals surface area contributed by atoms with E-state index in [0.29, 0.717) is 10.8 Å². The molecule has 1 aromatic carbocycles. The third-order valence-electron chi connectivity index (χ3n) is 3.26. The van der Waals surface area contributed by atoms with Gasteiger partial charge in [-0.05, 0) is 49.1 Å². The molecule has 4 nitrogen and oxygen atoms in total. The molecule has 0 spiro atoms. The Bertz CT molecular complexity index is 685. The van der Waals surface area contributed by atoms with Crippen LogP contribution in [0.15, 0.2) is 30.3 Å². The van der Waals surface area contributed by atoms with Crippen LogP contribution in [0.5, 0.6) is 11.6 Å². The number of benzene rings is 1. The summed E-state index contributed by atoms with van der Waals surface area (Å²) >= 11 is 5.89. The van der Waals surface area contributed by atoms with E-state index in [0.717, 1.165) is 30.5 Å². The van der Waals surface area contributed by atoms with Crippen molar-refractivity contribution < 1.29 is 14.6 Å². The van der Waals surface area contributed by atoms with Crippen LogP contribution in [0.2, 0.25) is 5.02 Å². The molecule has 1 N–H and O–H groups in total. The SMILES string of the molecule is O=C(O)c1cc2c(nc1Oc1cccc(Cl)c1)CCC2. The number of aryl methyl sites for hydroxylation is 2. The van der Waals surface area contributed by atoms with Crippen molar-refractivity contribution >= 4 is 17.6 Å². The number of carboxylic acid groups (broad SMARTS) is 1. The molecular weight excluding hydrogens is 278 g/mol. The molecule has 0 aliphatic heterocycles. The lowest BCUT2D eigenvalue weighted by molar-refractivity contribution is 0.0693. The summed E-state index contributed by atoms with van der Waals surface area (Å²) in [7, 11) is 0. The molecule has 1 aliphatic rings. The first-order valence-electron chi connectivity index (χ1n) is 6.33. The summed E-state index contributed by atoms with van der Waals surface area (Å²) in [6.45, 7) is 0. The fourth-order valence-electron chi connectivity index (χ4n) is 2.33. The highest BCUT2D eigenvalue weighted by molar-refractivity contribution is 6.30. The fourth-order valence-corrected chi connectivity index (χ4v) is 2.51. The molecule has 0 saturated carbocycles. The van der Waals surface area contributed by atoms with E-state index >= 15 is 0 Å². The van der Waals surface area contributed by atoms with Crippen molar-refractivity contribution in [2.24, 2.45) is 0 Å². The van der Waals surface area contributed by atoms with E-state index in [1.165, 1.54) is 0 Å². The molecular formula is C15H12ClNO3. The van der Waals surface area contributed by atoms with Crippen LogP contribution in [-0.4, -0.2) is 16.1 Å². The Hall–Kier alpha value is -2.07. The predicted octanol–water partition coefficient (Wildman–Crippen LogP) is 3.71. The van der Waals surface area contributed by atoms with Gasteiger partial charge >= 0.3 is 5.97 Å². The predicted molar refractivity (Wildman–Crippen MR) is 74.7 cm³/mol. The summed E-state index contributed by atoms with van der Waals surface area (Å²) < 4.78 is 5.60. The van der Waals surface area contributed by atoms with Gasteiger partial charge in [-0.1, -0.05) is 17.7 Å². The first-order valence-corrected chi connectivity index (χ1v) is 6.71. The molecule has 0 bridgehead atoms. The standard InChI is InChI=1S/C15H12ClNO3/c16-10-4-2-5-11(8-10)20-14-12(15(18)19)7-9-3-1-6-13(9)17-14/h2,4-5,7-8H,1,3,6H2,(H,18,19). The number of nitrogens with zero attached hydrogens (tertiary/aromatic N) is 1. The molecule has 0 fully saturated rings. The number of fused-ring (bicyclic) bond motifs is 1. The Morgan fingerprint density at radius 2 is 2.15 bits per heavy atom. The minimum Gasteiger partial charge on any atom is -0.477 e. The maximum Gasteiger partial charge on any atom is 0.341 e. The molecule has 20 heavy (non-hydrogen) atoms. The van der Waals surface area contributed by atoms with Crippen molar-refractivity contribution in [2.75, 3.05) is 0 Å². The van der Waals surface area contributed by atoms with Gasteiger partial charge in [-0.2, -0.15) is 0 Å². The first kappa shape index (κ1) is 12.9. The third-order valence-corrected chi connectivity index (χ3v) is 3.49. The van der Waals surface area contributed by atoms with Gasteiger partial charge in [0.05, 0.1) is 0 Å². The average Bonchev–Trinajstić information content (AvgIpc) is 2.84. The smallest absolute Gasteiger partial charge is 0.341 e. The Morgan fingerprint density at radius 3 is 2.90 bits per heavy atom. The average molecular weight is 290 g/mol. The summed E-state index contributed by atoms with van der Waals surface area (Å²) in [6.07, 6.45) is 2.74. The highest BCUT2D eigenvalue weighted by atomic mass is 35.5. The van der Waals surface area contributed by atoms with E-state index in [-0.39, 0.29) is 11.4 Å². The van der Waals surface area contributed by atoms with Crippen molar-refractivity contribution in [1.29, 1.82) is 0 Å². The second-order valence-corrected chi connectivity index (χ2v) is 5.10. The van der Waals surface area contributed by atoms with Crippen molar-refractivity contribution in [3.63, 3.8) is 0 Å². The molecule has 1 aliphatic carbocycles. The number of rotatable bonds is 3. The Balaban J connectivity index is 2.01.